The van der Waals surface area contributed by atoms with Crippen LogP contribution in [0.5, 0.6) is 0 Å². The van der Waals surface area contributed by atoms with Crippen LogP contribution in [0.3, 0.4) is 0 Å². The number of hydrogen-bond donors (Lipinski definition) is 2. The number of alkyl halides is 3. The number of amides is 1. The number of aliphatic hydroxyl groups is 1. The molecule has 11 heteroatoms. The molecule has 1 saturated carbocycles. The van der Waals surface area contributed by atoms with Crippen LogP contribution in [0.4, 0.5) is 13.2 Å². The lowest BCUT2D eigenvalue weighted by atomic mass is 9.93. The normalized spacial score (nSPS) is 20.7. The van der Waals surface area contributed by atoms with Crippen LogP contribution in [-0.2, 0) is 17.4 Å². The fourth-order valence-corrected chi connectivity index (χ4v) is 3.80. The van der Waals surface area contributed by atoms with Gasteiger partial charge in [0.1, 0.15) is 5.82 Å². The van der Waals surface area contributed by atoms with Crippen LogP contribution < -0.4 is 0 Å². The number of imidazole rings is 1. The molecule has 1 amide bonds. The molecule has 0 radical (unpaired) electrons. The summed E-state index contributed by atoms with van der Waals surface area (Å²) in [5.41, 5.74) is -3.33. The third-order valence-electron chi connectivity index (χ3n) is 5.76. The Bertz CT molecular complexity index is 882. The minimum absolute atomic E-state index is 0.0927. The first-order valence-electron chi connectivity index (χ1n) is 9.66. The Kier molecular flexibility index (Phi) is 4.88. The second kappa shape index (κ2) is 7.12. The lowest BCUT2D eigenvalue weighted by Crippen LogP contribution is -2.49. The molecule has 158 valence electrons. The number of carbonyl (C=O) groups excluding carboxylic acids is 1. The minimum atomic E-state index is -5.03. The number of piperidine rings is 1. The summed E-state index contributed by atoms with van der Waals surface area (Å²) in [5.74, 6) is 0.788. The standard InChI is InChI=1S/C18H23F3N6O2/c1-26-9-6-22-16(26)17(29,18(19,20)21)10-13(28)27-7-4-12(5-8-27)15-23-14(24-25-15)11-2-3-11/h6,9,11-12,29H,2-5,7-8,10H2,1H3,(H,23,24,25). The Morgan fingerprint density at radius 1 is 1.24 bits per heavy atom. The van der Waals surface area contributed by atoms with Crippen molar-refractivity contribution < 1.29 is 23.1 Å². The first kappa shape index (κ1) is 19.9. The number of nitrogens with zero attached hydrogens (tertiary/aromatic N) is 5. The second-order valence-corrected chi connectivity index (χ2v) is 7.90. The zero-order valence-electron chi connectivity index (χ0n) is 16.0. The number of aromatic amines is 1. The molecule has 4 rings (SSSR count). The van der Waals surface area contributed by atoms with Gasteiger partial charge in [0, 0.05) is 44.4 Å². The van der Waals surface area contributed by atoms with Crippen molar-refractivity contribution >= 4 is 5.91 Å². The van der Waals surface area contributed by atoms with Gasteiger partial charge in [-0.15, -0.1) is 0 Å². The van der Waals surface area contributed by atoms with Crippen LogP contribution in [-0.4, -0.2) is 59.9 Å². The van der Waals surface area contributed by atoms with E-state index in [2.05, 4.69) is 20.2 Å². The second-order valence-electron chi connectivity index (χ2n) is 7.90. The molecule has 1 aliphatic carbocycles. The fraction of sp³-hybridized carbons (Fsp3) is 0.667. The molecule has 2 fully saturated rings. The predicted octanol–water partition coefficient (Wildman–Crippen LogP) is 1.96. The van der Waals surface area contributed by atoms with Gasteiger partial charge in [-0.25, -0.2) is 9.97 Å². The molecule has 0 aromatic carbocycles. The molecule has 1 unspecified atom stereocenters. The van der Waals surface area contributed by atoms with Crippen molar-refractivity contribution in [1.82, 2.24) is 29.6 Å². The topological polar surface area (TPSA) is 99.9 Å². The van der Waals surface area contributed by atoms with Gasteiger partial charge in [-0.3, -0.25) is 9.89 Å². The highest BCUT2D eigenvalue weighted by Gasteiger charge is 2.59. The van der Waals surface area contributed by atoms with Crippen molar-refractivity contribution in [3.8, 4) is 0 Å². The van der Waals surface area contributed by atoms with E-state index in [4.69, 9.17) is 0 Å². The van der Waals surface area contributed by atoms with Gasteiger partial charge in [0.15, 0.2) is 11.6 Å². The Morgan fingerprint density at radius 3 is 2.48 bits per heavy atom. The molecule has 0 spiro atoms. The molecule has 2 N–H and O–H groups in total. The van der Waals surface area contributed by atoms with Gasteiger partial charge in [0.25, 0.3) is 0 Å². The average Bonchev–Trinajstić information content (AvgIpc) is 3.23. The zero-order valence-corrected chi connectivity index (χ0v) is 16.0. The number of hydrogen-bond acceptors (Lipinski definition) is 5. The van der Waals surface area contributed by atoms with Crippen LogP contribution in [0.1, 0.15) is 61.4 Å². The van der Waals surface area contributed by atoms with E-state index in [9.17, 15) is 23.1 Å². The molecule has 0 bridgehead atoms. The lowest BCUT2D eigenvalue weighted by molar-refractivity contribution is -0.272. The van der Waals surface area contributed by atoms with Crippen LogP contribution in [0.15, 0.2) is 12.4 Å². The predicted molar refractivity (Wildman–Crippen MR) is 94.7 cm³/mol. The summed E-state index contributed by atoms with van der Waals surface area (Å²) in [6.45, 7) is 0.606. The summed E-state index contributed by atoms with van der Waals surface area (Å²) in [6.07, 6.45) is -0.301. The Morgan fingerprint density at radius 2 is 1.93 bits per heavy atom. The van der Waals surface area contributed by atoms with Crippen molar-refractivity contribution in [2.75, 3.05) is 13.1 Å². The van der Waals surface area contributed by atoms with Crippen molar-refractivity contribution in [2.45, 2.75) is 55.7 Å². The number of carbonyl (C=O) groups is 1. The summed E-state index contributed by atoms with van der Waals surface area (Å²) in [7, 11) is 1.35. The van der Waals surface area contributed by atoms with E-state index in [1.165, 1.54) is 18.1 Å². The van der Waals surface area contributed by atoms with E-state index in [0.717, 1.165) is 35.3 Å². The van der Waals surface area contributed by atoms with E-state index in [1.807, 2.05) is 0 Å². The zero-order chi connectivity index (χ0) is 20.8. The van der Waals surface area contributed by atoms with Crippen LogP contribution in [0, 0.1) is 0 Å². The molecule has 1 aliphatic heterocycles. The van der Waals surface area contributed by atoms with Gasteiger partial charge in [-0.1, -0.05) is 0 Å². The van der Waals surface area contributed by atoms with E-state index in [1.54, 1.807) is 0 Å². The van der Waals surface area contributed by atoms with Crippen molar-refractivity contribution in [1.29, 1.82) is 0 Å². The van der Waals surface area contributed by atoms with Crippen molar-refractivity contribution in [3.05, 3.63) is 29.9 Å². The van der Waals surface area contributed by atoms with Gasteiger partial charge in [-0.2, -0.15) is 18.3 Å². The molecular weight excluding hydrogens is 389 g/mol. The quantitative estimate of drug-likeness (QED) is 0.782. The number of likely N-dealkylation sites (tertiary alicyclic amines) is 1. The Hall–Kier alpha value is -2.43. The number of H-pyrrole nitrogens is 1. The van der Waals surface area contributed by atoms with E-state index < -0.39 is 29.9 Å². The maximum Gasteiger partial charge on any atom is 0.425 e. The van der Waals surface area contributed by atoms with E-state index in [0.29, 0.717) is 31.8 Å². The number of nitrogens with one attached hydrogen (secondary N) is 1. The molecule has 2 aromatic heterocycles. The summed E-state index contributed by atoms with van der Waals surface area (Å²) < 4.78 is 42.0. The highest BCUT2D eigenvalue weighted by molar-refractivity contribution is 5.77. The van der Waals surface area contributed by atoms with Gasteiger partial charge in [0.2, 0.25) is 11.5 Å². The van der Waals surface area contributed by atoms with Gasteiger partial charge >= 0.3 is 6.18 Å². The third-order valence-corrected chi connectivity index (χ3v) is 5.76. The molecule has 1 atom stereocenters. The molecule has 2 aromatic rings. The van der Waals surface area contributed by atoms with E-state index in [-0.39, 0.29) is 5.92 Å². The van der Waals surface area contributed by atoms with Gasteiger partial charge in [-0.05, 0) is 25.7 Å². The molecule has 3 heterocycles. The fourth-order valence-electron chi connectivity index (χ4n) is 3.80. The Balaban J connectivity index is 1.41. The molecule has 8 nitrogen and oxygen atoms in total. The number of halogens is 3. The Labute approximate surface area is 165 Å². The smallest absolute Gasteiger partial charge is 0.374 e. The molecule has 1 saturated heterocycles. The number of aromatic nitrogens is 5. The van der Waals surface area contributed by atoms with Crippen molar-refractivity contribution in [2.24, 2.45) is 7.05 Å². The summed E-state index contributed by atoms with van der Waals surface area (Å²) in [4.78, 5) is 22.1. The van der Waals surface area contributed by atoms with E-state index >= 15 is 0 Å². The van der Waals surface area contributed by atoms with Crippen molar-refractivity contribution in [3.63, 3.8) is 0 Å². The van der Waals surface area contributed by atoms with Gasteiger partial charge in [0.05, 0.1) is 6.42 Å². The minimum Gasteiger partial charge on any atom is -0.374 e. The average molecular weight is 412 g/mol. The van der Waals surface area contributed by atoms with Crippen LogP contribution in [0.25, 0.3) is 0 Å². The van der Waals surface area contributed by atoms with Gasteiger partial charge < -0.3 is 14.6 Å². The first-order valence-corrected chi connectivity index (χ1v) is 9.66. The SMILES string of the molecule is Cn1ccnc1C(O)(CC(=O)N1CCC(c2nc(C3CC3)n[nH]2)CC1)C(F)(F)F. The molecule has 29 heavy (non-hydrogen) atoms. The monoisotopic (exact) mass is 412 g/mol. The van der Waals surface area contributed by atoms with Crippen LogP contribution in [0.2, 0.25) is 0 Å². The lowest BCUT2D eigenvalue weighted by Gasteiger charge is -2.35. The third kappa shape index (κ3) is 3.75. The molecular formula is C18H23F3N6O2. The summed E-state index contributed by atoms with van der Waals surface area (Å²) in [6, 6.07) is 0. The maximum absolute atomic E-state index is 13.6. The highest BCUT2D eigenvalue weighted by Crippen LogP contribution is 2.42. The summed E-state index contributed by atoms with van der Waals surface area (Å²) >= 11 is 0. The largest absolute Gasteiger partial charge is 0.425 e. The number of aryl methyl sites for hydroxylation is 1. The van der Waals surface area contributed by atoms with Crippen LogP contribution >= 0.6 is 0 Å². The molecule has 2 aliphatic rings. The maximum atomic E-state index is 13.6. The number of rotatable bonds is 5. The first-order chi connectivity index (χ1) is 13.7. The highest BCUT2D eigenvalue weighted by atomic mass is 19.4. The summed E-state index contributed by atoms with van der Waals surface area (Å²) in [5, 5.41) is 17.6.